The second-order valence-electron chi connectivity index (χ2n) is 12.9. The van der Waals surface area contributed by atoms with Gasteiger partial charge in [0.25, 0.3) is 0 Å². The Balaban J connectivity index is 0.894. The summed E-state index contributed by atoms with van der Waals surface area (Å²) in [7, 11) is 3.81. The monoisotopic (exact) mass is 652 g/mol. The Morgan fingerprint density at radius 1 is 1.13 bits per heavy atom. The van der Waals surface area contributed by atoms with Crippen molar-refractivity contribution in [2.45, 2.75) is 64.0 Å². The van der Waals surface area contributed by atoms with E-state index in [-0.39, 0.29) is 13.0 Å². The van der Waals surface area contributed by atoms with Gasteiger partial charge in [0, 0.05) is 71.2 Å². The molecule has 0 saturated heterocycles. The Hall–Kier alpha value is -4.70. The van der Waals surface area contributed by atoms with Gasteiger partial charge in [0.15, 0.2) is 0 Å². The number of nitrogens with zero attached hydrogens (tertiary/aromatic N) is 5. The number of rotatable bonds is 10. The lowest BCUT2D eigenvalue weighted by atomic mass is 9.70. The normalized spacial score (nSPS) is 17.0. The topological polar surface area (TPSA) is 129 Å². The number of carbonyl (C=O) groups is 1. The van der Waals surface area contributed by atoms with E-state index in [2.05, 4.69) is 16.4 Å². The number of carbonyl (C=O) groups excluding carboxylic acids is 1. The van der Waals surface area contributed by atoms with Gasteiger partial charge in [-0.25, -0.2) is 4.79 Å². The van der Waals surface area contributed by atoms with E-state index >= 15 is 0 Å². The van der Waals surface area contributed by atoms with Crippen molar-refractivity contribution in [3.05, 3.63) is 98.3 Å². The van der Waals surface area contributed by atoms with Gasteiger partial charge in [0.2, 0.25) is 0 Å². The zero-order valence-electron chi connectivity index (χ0n) is 26.5. The standard InChI is InChI=1S/C36H37ClN6O4/c1-42(2)27-7-9-28-23(16-34(45)47-32(28)18-27)15-33(44)46-20-26-19-43(41-40-26)10-4-3-5-21-11-22-13-24(12-21)35-31(14-22)39-30-17-25(37)6-8-29(30)36(35)38/h6-9,11,16-19,22,24H,3-5,10,12-15,20H2,1-2H3,(H2,38,39)/t22-,24+/m1/s1. The minimum absolute atomic E-state index is 0.0143. The molecule has 11 heteroatoms. The number of allylic oxidation sites excluding steroid dienone is 2. The van der Waals surface area contributed by atoms with Crippen molar-refractivity contribution in [3.63, 3.8) is 0 Å². The van der Waals surface area contributed by atoms with Gasteiger partial charge in [0.1, 0.15) is 17.9 Å². The molecule has 2 aliphatic rings. The lowest BCUT2D eigenvalue weighted by molar-refractivity contribution is -0.144. The van der Waals surface area contributed by atoms with Crippen LogP contribution in [0.4, 0.5) is 11.4 Å². The second-order valence-corrected chi connectivity index (χ2v) is 13.3. The number of aryl methyl sites for hydroxylation is 1. The number of nitrogens with two attached hydrogens (primary N) is 1. The first-order valence-corrected chi connectivity index (χ1v) is 16.4. The summed E-state index contributed by atoms with van der Waals surface area (Å²) in [5, 5.41) is 10.8. The van der Waals surface area contributed by atoms with Gasteiger partial charge < -0.3 is 19.8 Å². The first kappa shape index (κ1) is 30.9. The van der Waals surface area contributed by atoms with E-state index in [1.54, 1.807) is 10.7 Å². The van der Waals surface area contributed by atoms with Crippen LogP contribution in [0.1, 0.15) is 60.5 Å². The number of hydrogen-bond donors (Lipinski definition) is 1. The van der Waals surface area contributed by atoms with Crippen LogP contribution in [0, 0.1) is 5.92 Å². The molecule has 3 aromatic heterocycles. The molecule has 10 nitrogen and oxygen atoms in total. The maximum absolute atomic E-state index is 12.7. The number of pyridine rings is 1. The second kappa shape index (κ2) is 12.8. The molecule has 3 heterocycles. The van der Waals surface area contributed by atoms with Crippen molar-refractivity contribution in [2.75, 3.05) is 24.7 Å². The van der Waals surface area contributed by atoms with Crippen LogP contribution in [0.2, 0.25) is 5.02 Å². The van der Waals surface area contributed by atoms with E-state index in [0.29, 0.717) is 39.1 Å². The minimum atomic E-state index is -0.506. The van der Waals surface area contributed by atoms with Gasteiger partial charge in [-0.3, -0.25) is 14.5 Å². The molecule has 0 unspecified atom stereocenters. The lowest BCUT2D eigenvalue weighted by Gasteiger charge is -2.36. The summed E-state index contributed by atoms with van der Waals surface area (Å²) in [6.07, 6.45) is 10.3. The van der Waals surface area contributed by atoms with Crippen LogP contribution in [0.25, 0.3) is 21.9 Å². The third kappa shape index (κ3) is 6.60. The van der Waals surface area contributed by atoms with Crippen molar-refractivity contribution in [2.24, 2.45) is 5.92 Å². The molecular formula is C36H37ClN6O4. The van der Waals surface area contributed by atoms with Crippen LogP contribution in [0.15, 0.2) is 69.5 Å². The molecule has 0 radical (unpaired) electrons. The highest BCUT2D eigenvalue weighted by molar-refractivity contribution is 6.31. The molecule has 0 fully saturated rings. The number of halogens is 1. The minimum Gasteiger partial charge on any atom is -0.459 e. The quantitative estimate of drug-likeness (QED) is 0.0792. The molecule has 0 amide bonds. The molecule has 0 spiro atoms. The fraction of sp³-hybridized carbons (Fsp3) is 0.361. The third-order valence-electron chi connectivity index (χ3n) is 9.30. The first-order valence-electron chi connectivity index (χ1n) is 16.1. The van der Waals surface area contributed by atoms with Crippen molar-refractivity contribution in [3.8, 4) is 0 Å². The van der Waals surface area contributed by atoms with Crippen LogP contribution in [-0.2, 0) is 35.5 Å². The van der Waals surface area contributed by atoms with Crippen molar-refractivity contribution >= 4 is 50.8 Å². The number of nitrogen functional groups attached to an aromatic ring is 1. The highest BCUT2D eigenvalue weighted by Gasteiger charge is 2.33. The smallest absolute Gasteiger partial charge is 0.336 e. The predicted octanol–water partition coefficient (Wildman–Crippen LogP) is 6.37. The van der Waals surface area contributed by atoms with Crippen LogP contribution in [-0.4, -0.2) is 40.0 Å². The van der Waals surface area contributed by atoms with Gasteiger partial charge in [-0.05, 0) is 86.3 Å². The molecule has 2 aliphatic carbocycles. The van der Waals surface area contributed by atoms with Crippen LogP contribution in [0.5, 0.6) is 0 Å². The largest absolute Gasteiger partial charge is 0.459 e. The molecule has 2 atom stereocenters. The van der Waals surface area contributed by atoms with Crippen LogP contribution in [0.3, 0.4) is 0 Å². The lowest BCUT2D eigenvalue weighted by Crippen LogP contribution is -2.24. The summed E-state index contributed by atoms with van der Waals surface area (Å²) >= 11 is 6.22. The zero-order valence-corrected chi connectivity index (χ0v) is 27.3. The van der Waals surface area contributed by atoms with E-state index < -0.39 is 11.6 Å². The molecule has 7 rings (SSSR count). The molecule has 47 heavy (non-hydrogen) atoms. The maximum Gasteiger partial charge on any atom is 0.336 e. The van der Waals surface area contributed by atoms with E-state index in [9.17, 15) is 9.59 Å². The molecule has 242 valence electrons. The van der Waals surface area contributed by atoms with E-state index in [1.807, 2.05) is 55.5 Å². The Kier molecular flexibility index (Phi) is 8.44. The molecule has 2 aromatic carbocycles. The highest BCUT2D eigenvalue weighted by Crippen LogP contribution is 2.47. The summed E-state index contributed by atoms with van der Waals surface area (Å²) in [6.45, 7) is 0.747. The van der Waals surface area contributed by atoms with E-state index in [1.165, 1.54) is 17.2 Å². The number of esters is 1. The average molecular weight is 653 g/mol. The molecule has 0 aliphatic heterocycles. The van der Waals surface area contributed by atoms with Gasteiger partial charge in [-0.15, -0.1) is 5.10 Å². The summed E-state index contributed by atoms with van der Waals surface area (Å²) in [6, 6.07) is 12.7. The van der Waals surface area contributed by atoms with E-state index in [4.69, 9.17) is 31.5 Å². The van der Waals surface area contributed by atoms with Crippen molar-refractivity contribution in [1.82, 2.24) is 20.0 Å². The fourth-order valence-corrected chi connectivity index (χ4v) is 7.28. The number of benzene rings is 2. The molecule has 2 N–H and O–H groups in total. The molecule has 5 aromatic rings. The molecule has 2 bridgehead atoms. The predicted molar refractivity (Wildman–Crippen MR) is 183 cm³/mol. The highest BCUT2D eigenvalue weighted by atomic mass is 35.5. The number of anilines is 2. The van der Waals surface area contributed by atoms with Crippen LogP contribution >= 0.6 is 11.6 Å². The number of hydrogen-bond acceptors (Lipinski definition) is 9. The molecular weight excluding hydrogens is 616 g/mol. The Morgan fingerprint density at radius 3 is 2.83 bits per heavy atom. The summed E-state index contributed by atoms with van der Waals surface area (Å²) in [5.74, 6) is 0.450. The Labute approximate surface area is 277 Å². The SMILES string of the molecule is CN(C)c1ccc2c(CC(=O)OCc3cn(CCCCC4=C[C@H]5Cc6nc7cc(Cl)ccc7c(N)c6[C@@H](C4)C5)nn3)cc(=O)oc2c1. The maximum atomic E-state index is 12.7. The third-order valence-corrected chi connectivity index (χ3v) is 9.54. The zero-order chi connectivity index (χ0) is 32.7. The average Bonchev–Trinajstić information content (AvgIpc) is 3.49. The molecule has 0 saturated carbocycles. The summed E-state index contributed by atoms with van der Waals surface area (Å²) in [5.41, 5.74) is 14.3. The van der Waals surface area contributed by atoms with Gasteiger partial charge >= 0.3 is 11.6 Å². The fourth-order valence-electron chi connectivity index (χ4n) is 7.12. The Bertz CT molecular complexity index is 2080. The Morgan fingerprint density at radius 2 is 1.98 bits per heavy atom. The first-order chi connectivity index (χ1) is 22.7. The summed E-state index contributed by atoms with van der Waals surface area (Å²) < 4.78 is 12.6. The number of unbranched alkanes of at least 4 members (excludes halogenated alkanes) is 1. The van der Waals surface area contributed by atoms with Gasteiger partial charge in [-0.2, -0.15) is 0 Å². The number of fused-ring (bicyclic) bond motifs is 6. The summed E-state index contributed by atoms with van der Waals surface area (Å²) in [4.78, 5) is 31.7. The van der Waals surface area contributed by atoms with E-state index in [0.717, 1.165) is 73.0 Å². The van der Waals surface area contributed by atoms with Crippen molar-refractivity contribution < 1.29 is 13.9 Å². The number of ether oxygens (including phenoxy) is 1. The van der Waals surface area contributed by atoms with Gasteiger partial charge in [0.05, 0.1) is 18.1 Å². The number of aromatic nitrogens is 4. The van der Waals surface area contributed by atoms with Crippen LogP contribution < -0.4 is 16.3 Å². The van der Waals surface area contributed by atoms with Gasteiger partial charge in [-0.1, -0.05) is 28.5 Å². The van der Waals surface area contributed by atoms with Crippen molar-refractivity contribution in [1.29, 1.82) is 0 Å².